The second kappa shape index (κ2) is 4.46. The Bertz CT molecular complexity index is 775. The van der Waals surface area contributed by atoms with Crippen LogP contribution in [0.5, 0.6) is 0 Å². The number of nitrogens with one attached hydrogen (secondary N) is 1. The number of aliphatic hydroxyl groups excluding tert-OH is 1. The number of allylic oxidation sites excluding steroid dienone is 1. The van der Waals surface area contributed by atoms with Crippen molar-refractivity contribution in [2.75, 3.05) is 13.2 Å². The Balaban J connectivity index is 1.69. The SMILES string of the molecule is C/C=C1\CN2[C@H]3CC1[C@@H](CO)[C@@H]2Cc1c3[nH]c2ccccc12. The lowest BCUT2D eigenvalue weighted by atomic mass is 9.64. The highest BCUT2D eigenvalue weighted by atomic mass is 16.3. The molecule has 0 saturated carbocycles. The van der Waals surface area contributed by atoms with Crippen molar-refractivity contribution in [1.82, 2.24) is 9.88 Å². The predicted molar refractivity (Wildman–Crippen MR) is 87.7 cm³/mol. The number of piperidine rings is 3. The number of aromatic nitrogens is 1. The topological polar surface area (TPSA) is 39.3 Å². The Morgan fingerprint density at radius 3 is 3.05 bits per heavy atom. The molecule has 4 bridgehead atoms. The van der Waals surface area contributed by atoms with E-state index in [0.29, 0.717) is 30.5 Å². The van der Waals surface area contributed by atoms with E-state index in [1.54, 1.807) is 0 Å². The fraction of sp³-hybridized carbons (Fsp3) is 0.474. The van der Waals surface area contributed by atoms with Gasteiger partial charge in [0.15, 0.2) is 0 Å². The summed E-state index contributed by atoms with van der Waals surface area (Å²) in [6.07, 6.45) is 4.51. The molecule has 4 aliphatic rings. The van der Waals surface area contributed by atoms with Gasteiger partial charge in [-0.25, -0.2) is 0 Å². The average molecular weight is 294 g/mol. The summed E-state index contributed by atoms with van der Waals surface area (Å²) in [5, 5.41) is 11.4. The van der Waals surface area contributed by atoms with Gasteiger partial charge in [-0.2, -0.15) is 0 Å². The van der Waals surface area contributed by atoms with Gasteiger partial charge in [0.1, 0.15) is 0 Å². The number of rotatable bonds is 1. The summed E-state index contributed by atoms with van der Waals surface area (Å²) in [5.41, 5.74) is 5.74. The maximum atomic E-state index is 9.99. The number of H-pyrrole nitrogens is 1. The molecule has 3 heteroatoms. The van der Waals surface area contributed by atoms with Gasteiger partial charge in [0.25, 0.3) is 0 Å². The zero-order chi connectivity index (χ0) is 14.8. The van der Waals surface area contributed by atoms with E-state index >= 15 is 0 Å². The van der Waals surface area contributed by atoms with Crippen molar-refractivity contribution in [2.45, 2.75) is 31.8 Å². The molecule has 114 valence electrons. The van der Waals surface area contributed by atoms with Crippen molar-refractivity contribution in [3.8, 4) is 0 Å². The molecule has 5 atom stereocenters. The van der Waals surface area contributed by atoms with Crippen molar-refractivity contribution in [1.29, 1.82) is 0 Å². The Morgan fingerprint density at radius 2 is 2.23 bits per heavy atom. The van der Waals surface area contributed by atoms with Crippen molar-refractivity contribution < 1.29 is 5.11 Å². The smallest absolute Gasteiger partial charge is 0.0514 e. The molecule has 4 aliphatic heterocycles. The lowest BCUT2D eigenvalue weighted by molar-refractivity contribution is -0.0503. The van der Waals surface area contributed by atoms with E-state index in [1.807, 2.05) is 0 Å². The Hall–Kier alpha value is -1.58. The number of aromatic amines is 1. The summed E-state index contributed by atoms with van der Waals surface area (Å²) in [6.45, 7) is 3.55. The molecule has 6 rings (SSSR count). The first-order chi connectivity index (χ1) is 10.8. The third kappa shape index (κ3) is 1.48. The maximum absolute atomic E-state index is 9.99. The number of nitrogens with zero attached hydrogens (tertiary/aromatic N) is 1. The number of hydrogen-bond acceptors (Lipinski definition) is 2. The minimum Gasteiger partial charge on any atom is -0.396 e. The summed E-state index contributed by atoms with van der Waals surface area (Å²) in [4.78, 5) is 6.35. The van der Waals surface area contributed by atoms with Crippen molar-refractivity contribution >= 4 is 10.9 Å². The summed E-state index contributed by atoms with van der Waals surface area (Å²) in [5.74, 6) is 0.965. The van der Waals surface area contributed by atoms with Crippen LogP contribution in [0.25, 0.3) is 10.9 Å². The van der Waals surface area contributed by atoms with Crippen LogP contribution in [0.1, 0.15) is 30.6 Å². The van der Waals surface area contributed by atoms with Crippen LogP contribution in [0.2, 0.25) is 0 Å². The van der Waals surface area contributed by atoms with Gasteiger partial charge in [-0.05, 0) is 37.3 Å². The lowest BCUT2D eigenvalue weighted by Crippen LogP contribution is -2.60. The van der Waals surface area contributed by atoms with Crippen molar-refractivity contribution in [3.05, 3.63) is 47.2 Å². The number of hydrogen-bond donors (Lipinski definition) is 2. The highest BCUT2D eigenvalue weighted by Gasteiger charge is 2.52. The molecule has 3 nitrogen and oxygen atoms in total. The number of para-hydroxylation sites is 1. The van der Waals surface area contributed by atoms with Crippen LogP contribution < -0.4 is 0 Å². The van der Waals surface area contributed by atoms with E-state index in [1.165, 1.54) is 27.7 Å². The second-order valence-electron chi connectivity index (χ2n) is 7.07. The minimum absolute atomic E-state index is 0.313. The summed E-state index contributed by atoms with van der Waals surface area (Å²) < 4.78 is 0. The molecule has 2 N–H and O–H groups in total. The first-order valence-electron chi connectivity index (χ1n) is 8.43. The van der Waals surface area contributed by atoms with Crippen LogP contribution in [-0.4, -0.2) is 34.2 Å². The number of fused-ring (bicyclic) bond motifs is 4. The molecular formula is C19H22N2O. The van der Waals surface area contributed by atoms with Crippen LogP contribution in [0.3, 0.4) is 0 Å². The molecule has 3 saturated heterocycles. The minimum atomic E-state index is 0.313. The van der Waals surface area contributed by atoms with Crippen LogP contribution in [0, 0.1) is 11.8 Å². The number of aliphatic hydroxyl groups is 1. The van der Waals surface area contributed by atoms with Crippen LogP contribution in [-0.2, 0) is 6.42 Å². The van der Waals surface area contributed by atoms with Gasteiger partial charge in [0.2, 0.25) is 0 Å². The molecule has 1 aromatic carbocycles. The monoisotopic (exact) mass is 294 g/mol. The third-order valence-electron chi connectivity index (χ3n) is 6.33. The molecule has 3 fully saturated rings. The van der Waals surface area contributed by atoms with E-state index in [9.17, 15) is 5.11 Å². The van der Waals surface area contributed by atoms with E-state index in [4.69, 9.17) is 0 Å². The van der Waals surface area contributed by atoms with Crippen LogP contribution in [0.15, 0.2) is 35.9 Å². The zero-order valence-corrected chi connectivity index (χ0v) is 12.9. The Morgan fingerprint density at radius 1 is 1.36 bits per heavy atom. The Kier molecular flexibility index (Phi) is 2.62. The quantitative estimate of drug-likeness (QED) is 0.794. The largest absolute Gasteiger partial charge is 0.396 e. The summed E-state index contributed by atoms with van der Waals surface area (Å²) in [7, 11) is 0. The molecule has 0 aliphatic carbocycles. The Labute approximate surface area is 130 Å². The molecule has 0 radical (unpaired) electrons. The van der Waals surface area contributed by atoms with Gasteiger partial charge < -0.3 is 10.1 Å². The van der Waals surface area contributed by atoms with E-state index in [0.717, 1.165) is 19.4 Å². The second-order valence-corrected chi connectivity index (χ2v) is 7.07. The van der Waals surface area contributed by atoms with Gasteiger partial charge in [-0.3, -0.25) is 4.90 Å². The van der Waals surface area contributed by atoms with Gasteiger partial charge in [-0.1, -0.05) is 29.8 Å². The third-order valence-corrected chi connectivity index (χ3v) is 6.33. The molecule has 5 heterocycles. The van der Waals surface area contributed by atoms with E-state index in [2.05, 4.69) is 47.1 Å². The molecule has 2 aromatic rings. The van der Waals surface area contributed by atoms with Gasteiger partial charge in [0.05, 0.1) is 6.04 Å². The zero-order valence-electron chi connectivity index (χ0n) is 12.9. The van der Waals surface area contributed by atoms with E-state index in [-0.39, 0.29) is 0 Å². The fourth-order valence-electron chi connectivity index (χ4n) is 5.32. The molecule has 0 spiro atoms. The lowest BCUT2D eigenvalue weighted by Gasteiger charge is -2.58. The molecule has 0 amide bonds. The standard InChI is InChI=1S/C19H22N2O/c1-2-11-9-21-17-8-14-12-5-3-4-6-16(12)20-19(14)18(21)7-13(11)15(17)10-22/h2-6,13,15,17-18,20,22H,7-10H2,1H3/b11-2+/t13?,15-,17+,18+/m1/s1. The highest BCUT2D eigenvalue weighted by molar-refractivity contribution is 5.85. The van der Waals surface area contributed by atoms with Gasteiger partial charge in [0, 0.05) is 41.7 Å². The molecule has 1 aromatic heterocycles. The summed E-state index contributed by atoms with van der Waals surface area (Å²) >= 11 is 0. The fourth-order valence-corrected chi connectivity index (χ4v) is 5.32. The molecular weight excluding hydrogens is 272 g/mol. The van der Waals surface area contributed by atoms with E-state index < -0.39 is 0 Å². The van der Waals surface area contributed by atoms with Crippen molar-refractivity contribution in [2.24, 2.45) is 11.8 Å². The molecule has 22 heavy (non-hydrogen) atoms. The van der Waals surface area contributed by atoms with Gasteiger partial charge in [-0.15, -0.1) is 0 Å². The molecule has 2 unspecified atom stereocenters. The first kappa shape index (κ1) is 12.9. The normalized spacial score (nSPS) is 37.7. The van der Waals surface area contributed by atoms with Crippen LogP contribution >= 0.6 is 0 Å². The van der Waals surface area contributed by atoms with Gasteiger partial charge >= 0.3 is 0 Å². The average Bonchev–Trinajstić information content (AvgIpc) is 2.93. The highest BCUT2D eigenvalue weighted by Crippen LogP contribution is 2.53. The number of benzene rings is 1. The van der Waals surface area contributed by atoms with Crippen LogP contribution in [0.4, 0.5) is 0 Å². The van der Waals surface area contributed by atoms with Crippen molar-refractivity contribution in [3.63, 3.8) is 0 Å². The predicted octanol–water partition coefficient (Wildman–Crippen LogP) is 3.02. The summed E-state index contributed by atoms with van der Waals surface area (Å²) in [6, 6.07) is 9.68. The maximum Gasteiger partial charge on any atom is 0.0514 e. The first-order valence-corrected chi connectivity index (χ1v) is 8.43.